The molecule has 1 aliphatic heterocycles. The third-order valence-corrected chi connectivity index (χ3v) is 6.93. The maximum Gasteiger partial charge on any atom is 0.374 e. The summed E-state index contributed by atoms with van der Waals surface area (Å²) in [5.74, 6) is -1.04. The monoisotopic (exact) mass is 347 g/mol. The van der Waals surface area contributed by atoms with Crippen LogP contribution in [0.3, 0.4) is 0 Å². The Morgan fingerprint density at radius 2 is 1.82 bits per heavy atom. The summed E-state index contributed by atoms with van der Waals surface area (Å²) in [7, 11) is -7.34. The van der Waals surface area contributed by atoms with Gasteiger partial charge in [-0.2, -0.15) is 0 Å². The second kappa shape index (κ2) is 6.91. The van der Waals surface area contributed by atoms with Gasteiger partial charge in [0.05, 0.1) is 24.5 Å². The van der Waals surface area contributed by atoms with Gasteiger partial charge in [-0.15, -0.1) is 0 Å². The molecule has 2 rings (SSSR count). The lowest BCUT2D eigenvalue weighted by atomic mass is 10.4. The molecule has 122 valence electrons. The highest BCUT2D eigenvalue weighted by atomic mass is 32.2. The summed E-state index contributed by atoms with van der Waals surface area (Å²) in [5.41, 5.74) is 0. The molecule has 0 amide bonds. The number of rotatable bonds is 6. The maximum atomic E-state index is 12.6. The molecule has 1 aliphatic rings. The van der Waals surface area contributed by atoms with Gasteiger partial charge in [-0.05, 0) is 26.0 Å². The number of nitrogens with zero attached hydrogens (tertiary/aromatic N) is 1. The van der Waals surface area contributed by atoms with Gasteiger partial charge in [0.15, 0.2) is 5.04 Å². The maximum absolute atomic E-state index is 12.6. The molecule has 1 aromatic carbocycles. The molecule has 0 spiro atoms. The molecule has 0 radical (unpaired) electrons. The lowest BCUT2D eigenvalue weighted by Crippen LogP contribution is -2.18. The van der Waals surface area contributed by atoms with Crippen molar-refractivity contribution in [3.8, 4) is 0 Å². The molecule has 0 aliphatic carbocycles. The Morgan fingerprint density at radius 1 is 1.23 bits per heavy atom. The average Bonchev–Trinajstić information content (AvgIpc) is 3.00. The summed E-state index contributed by atoms with van der Waals surface area (Å²) in [5, 5.41) is 3.41. The van der Waals surface area contributed by atoms with E-state index in [2.05, 4.69) is 5.16 Å². The minimum absolute atomic E-state index is 0.112. The zero-order valence-corrected chi connectivity index (χ0v) is 14.0. The van der Waals surface area contributed by atoms with Gasteiger partial charge in [-0.1, -0.05) is 23.4 Å². The molecule has 0 N–H and O–H groups in total. The molecular weight excluding hydrogens is 329 g/mol. The van der Waals surface area contributed by atoms with Crippen molar-refractivity contribution in [1.29, 1.82) is 0 Å². The van der Waals surface area contributed by atoms with Crippen molar-refractivity contribution < 1.29 is 26.9 Å². The van der Waals surface area contributed by atoms with Crippen molar-refractivity contribution in [2.24, 2.45) is 5.16 Å². The minimum Gasteiger partial charge on any atom is -0.378 e. The van der Waals surface area contributed by atoms with E-state index in [1.165, 1.54) is 12.1 Å². The van der Waals surface area contributed by atoms with Crippen LogP contribution < -0.4 is 0 Å². The Hall–Kier alpha value is -1.21. The van der Waals surface area contributed by atoms with E-state index in [4.69, 9.17) is 13.9 Å². The van der Waals surface area contributed by atoms with Crippen LogP contribution in [0.4, 0.5) is 0 Å². The van der Waals surface area contributed by atoms with Crippen LogP contribution in [-0.4, -0.2) is 32.5 Å². The molecule has 1 aromatic rings. The normalized spacial score (nSPS) is 18.8. The van der Waals surface area contributed by atoms with Gasteiger partial charge in [0.2, 0.25) is 15.7 Å². The van der Waals surface area contributed by atoms with Gasteiger partial charge < -0.3 is 13.9 Å². The predicted molar refractivity (Wildman–Crippen MR) is 81.4 cm³/mol. The Bertz CT molecular complexity index is 678. The van der Waals surface area contributed by atoms with E-state index in [9.17, 15) is 13.0 Å². The van der Waals surface area contributed by atoms with E-state index in [0.717, 1.165) is 0 Å². The van der Waals surface area contributed by atoms with Gasteiger partial charge in [-0.25, -0.2) is 8.42 Å². The van der Waals surface area contributed by atoms with Gasteiger partial charge in [0.1, 0.15) is 0 Å². The highest BCUT2D eigenvalue weighted by Crippen LogP contribution is 2.56. The van der Waals surface area contributed by atoms with Gasteiger partial charge in [0.25, 0.3) is 0 Å². The van der Waals surface area contributed by atoms with Crippen molar-refractivity contribution in [3.05, 3.63) is 30.3 Å². The predicted octanol–water partition coefficient (Wildman–Crippen LogP) is 2.79. The molecule has 1 heterocycles. The van der Waals surface area contributed by atoms with Gasteiger partial charge in [0, 0.05) is 0 Å². The van der Waals surface area contributed by atoms with Crippen LogP contribution in [-0.2, 0) is 28.3 Å². The summed E-state index contributed by atoms with van der Waals surface area (Å²) in [4.78, 5) is 5.15. The highest BCUT2D eigenvalue weighted by molar-refractivity contribution is 8.06. The third kappa shape index (κ3) is 3.41. The first-order valence-electron chi connectivity index (χ1n) is 6.85. The zero-order chi connectivity index (χ0) is 16.2. The second-order valence-corrected chi connectivity index (χ2v) is 8.56. The quantitative estimate of drug-likeness (QED) is 0.735. The first kappa shape index (κ1) is 17.1. The van der Waals surface area contributed by atoms with Crippen LogP contribution in [0.25, 0.3) is 0 Å². The Morgan fingerprint density at radius 3 is 2.36 bits per heavy atom. The van der Waals surface area contributed by atoms with Crippen LogP contribution in [0.1, 0.15) is 20.3 Å². The molecule has 0 aromatic heterocycles. The van der Waals surface area contributed by atoms with Gasteiger partial charge in [-0.3, -0.25) is 4.57 Å². The number of hydrogen-bond donors (Lipinski definition) is 0. The molecule has 0 bridgehead atoms. The summed E-state index contributed by atoms with van der Waals surface area (Å²) < 4.78 is 47.8. The summed E-state index contributed by atoms with van der Waals surface area (Å²) in [6.45, 7) is 3.67. The minimum atomic E-state index is -3.77. The largest absolute Gasteiger partial charge is 0.378 e. The fraction of sp³-hybridized carbons (Fsp3) is 0.462. The van der Waals surface area contributed by atoms with Crippen molar-refractivity contribution >= 4 is 22.5 Å². The van der Waals surface area contributed by atoms with Crippen molar-refractivity contribution in [2.75, 3.05) is 13.2 Å². The second-order valence-electron chi connectivity index (χ2n) is 4.44. The SMILES string of the molecule is CCOP(=O)(OCC)[C@H]1CC(S(=O)(=O)c2ccccc2)=NO1. The molecule has 0 fully saturated rings. The van der Waals surface area contributed by atoms with E-state index in [1.807, 2.05) is 0 Å². The smallest absolute Gasteiger partial charge is 0.374 e. The van der Waals surface area contributed by atoms with Crippen LogP contribution in [0.15, 0.2) is 40.4 Å². The van der Waals surface area contributed by atoms with E-state index in [0.29, 0.717) is 0 Å². The molecule has 1 atom stereocenters. The van der Waals surface area contributed by atoms with E-state index in [1.54, 1.807) is 32.0 Å². The molecule has 0 saturated heterocycles. The van der Waals surface area contributed by atoms with Crippen LogP contribution in [0.2, 0.25) is 0 Å². The van der Waals surface area contributed by atoms with E-state index >= 15 is 0 Å². The lowest BCUT2D eigenvalue weighted by molar-refractivity contribution is 0.0959. The zero-order valence-electron chi connectivity index (χ0n) is 12.3. The topological polar surface area (TPSA) is 91.3 Å². The van der Waals surface area contributed by atoms with Crippen LogP contribution >= 0.6 is 7.60 Å². The van der Waals surface area contributed by atoms with Crippen LogP contribution in [0.5, 0.6) is 0 Å². The number of hydrogen-bond acceptors (Lipinski definition) is 7. The Balaban J connectivity index is 2.20. The first-order chi connectivity index (χ1) is 10.4. The molecular formula is C13H18NO6PS. The van der Waals surface area contributed by atoms with Crippen molar-refractivity contribution in [2.45, 2.75) is 31.0 Å². The van der Waals surface area contributed by atoms with Crippen molar-refractivity contribution in [1.82, 2.24) is 0 Å². The molecule has 7 nitrogen and oxygen atoms in total. The third-order valence-electron chi connectivity index (χ3n) is 2.96. The Kier molecular flexibility index (Phi) is 5.39. The summed E-state index contributed by atoms with van der Waals surface area (Å²) in [6.07, 6.45) is -0.144. The van der Waals surface area contributed by atoms with Gasteiger partial charge >= 0.3 is 7.60 Å². The van der Waals surface area contributed by atoms with E-state index in [-0.39, 0.29) is 29.6 Å². The molecule has 22 heavy (non-hydrogen) atoms. The molecule has 0 unspecified atom stereocenters. The molecule has 0 saturated carbocycles. The Labute approximate surface area is 129 Å². The summed E-state index contributed by atoms with van der Waals surface area (Å²) >= 11 is 0. The van der Waals surface area contributed by atoms with Crippen molar-refractivity contribution in [3.63, 3.8) is 0 Å². The summed E-state index contributed by atoms with van der Waals surface area (Å²) in [6, 6.07) is 7.89. The fourth-order valence-electron chi connectivity index (χ4n) is 1.97. The first-order valence-corrected chi connectivity index (χ1v) is 9.95. The number of oxime groups is 1. The van der Waals surface area contributed by atoms with Crippen LogP contribution in [0, 0.1) is 0 Å². The number of benzene rings is 1. The lowest BCUT2D eigenvalue weighted by Gasteiger charge is -2.20. The average molecular weight is 347 g/mol. The van der Waals surface area contributed by atoms with E-state index < -0.39 is 23.3 Å². The fourth-order valence-corrected chi connectivity index (χ4v) is 5.08. The standard InChI is InChI=1S/C13H18NO6PS/c1-3-18-21(15,19-4-2)13-10-12(14-20-13)22(16,17)11-8-6-5-7-9-11/h5-9,13H,3-4,10H2,1-2H3/t13-/m0/s1. The molecule has 9 heteroatoms. The highest BCUT2D eigenvalue weighted by Gasteiger charge is 2.45. The number of sulfone groups is 1.